The largest absolute Gasteiger partial charge is 0.497 e. The monoisotopic (exact) mass is 342 g/mol. The zero-order valence-electron chi connectivity index (χ0n) is 15.2. The van der Waals surface area contributed by atoms with Crippen LogP contribution in [0.2, 0.25) is 0 Å². The van der Waals surface area contributed by atoms with Gasteiger partial charge in [0.25, 0.3) is 0 Å². The first-order valence-corrected chi connectivity index (χ1v) is 8.72. The van der Waals surface area contributed by atoms with Gasteiger partial charge in [-0.3, -0.25) is 4.90 Å². The van der Waals surface area contributed by atoms with E-state index in [-0.39, 0.29) is 0 Å². The molecule has 1 fully saturated rings. The highest BCUT2D eigenvalue weighted by molar-refractivity contribution is 5.41. The maximum atomic E-state index is 5.49. The zero-order valence-corrected chi connectivity index (χ0v) is 15.2. The first kappa shape index (κ1) is 17.5. The molecule has 0 spiro atoms. The molecule has 0 unspecified atom stereocenters. The number of piperazine rings is 1. The molecule has 0 N–H and O–H groups in total. The Hall–Kier alpha value is -2.34. The fraction of sp³-hybridized carbons (Fsp3) is 0.474. The molecule has 0 radical (unpaired) electrons. The maximum Gasteiger partial charge on any atom is 0.132 e. The quantitative estimate of drug-likeness (QED) is 0.803. The molecule has 1 aliphatic rings. The van der Waals surface area contributed by atoms with Crippen molar-refractivity contribution in [2.24, 2.45) is 0 Å². The number of aryl methyl sites for hydroxylation is 1. The van der Waals surface area contributed by atoms with E-state index in [1.54, 1.807) is 20.5 Å². The number of nitrogens with zero attached hydrogens (tertiary/aromatic N) is 4. The molecular weight excluding hydrogens is 316 g/mol. The van der Waals surface area contributed by atoms with Gasteiger partial charge in [-0.05, 0) is 24.6 Å². The first-order chi connectivity index (χ1) is 12.2. The number of benzene rings is 1. The topological polar surface area (TPSA) is 50.7 Å². The van der Waals surface area contributed by atoms with E-state index in [1.165, 1.54) is 0 Å². The molecule has 0 saturated carbocycles. The Balaban J connectivity index is 1.63. The summed E-state index contributed by atoms with van der Waals surface area (Å²) in [6.45, 7) is 6.89. The third-order valence-corrected chi connectivity index (χ3v) is 4.65. The van der Waals surface area contributed by atoms with Gasteiger partial charge in [0.15, 0.2) is 0 Å². The molecule has 1 aromatic carbocycles. The second-order valence-electron chi connectivity index (χ2n) is 6.16. The number of aromatic nitrogens is 2. The highest BCUT2D eigenvalue weighted by Gasteiger charge is 2.19. The molecule has 0 bridgehead atoms. The van der Waals surface area contributed by atoms with E-state index in [0.717, 1.165) is 67.7 Å². The lowest BCUT2D eigenvalue weighted by Crippen LogP contribution is -2.46. The predicted molar refractivity (Wildman–Crippen MR) is 98.4 cm³/mol. The fourth-order valence-corrected chi connectivity index (χ4v) is 3.13. The highest BCUT2D eigenvalue weighted by atomic mass is 16.5. The van der Waals surface area contributed by atoms with Crippen LogP contribution in [0.3, 0.4) is 0 Å². The van der Waals surface area contributed by atoms with Gasteiger partial charge in [-0.15, -0.1) is 0 Å². The Morgan fingerprint density at radius 1 is 1.00 bits per heavy atom. The highest BCUT2D eigenvalue weighted by Crippen LogP contribution is 2.26. The van der Waals surface area contributed by atoms with Crippen LogP contribution >= 0.6 is 0 Å². The van der Waals surface area contributed by atoms with Crippen LogP contribution in [0.5, 0.6) is 11.5 Å². The van der Waals surface area contributed by atoms with Crippen molar-refractivity contribution < 1.29 is 9.47 Å². The van der Waals surface area contributed by atoms with Crippen molar-refractivity contribution in [2.45, 2.75) is 19.9 Å². The lowest BCUT2D eigenvalue weighted by atomic mass is 10.1. The number of methoxy groups -OCH3 is 2. The Labute approximate surface area is 149 Å². The summed E-state index contributed by atoms with van der Waals surface area (Å²) >= 11 is 0. The summed E-state index contributed by atoms with van der Waals surface area (Å²) in [6.07, 6.45) is 2.60. The molecule has 134 valence electrons. The molecule has 0 aliphatic carbocycles. The van der Waals surface area contributed by atoms with E-state index in [4.69, 9.17) is 9.47 Å². The van der Waals surface area contributed by atoms with Crippen LogP contribution in [0.25, 0.3) is 0 Å². The lowest BCUT2D eigenvalue weighted by Gasteiger charge is -2.35. The molecule has 3 rings (SSSR count). The summed E-state index contributed by atoms with van der Waals surface area (Å²) in [6, 6.07) is 8.06. The molecule has 2 aromatic rings. The van der Waals surface area contributed by atoms with Gasteiger partial charge in [-0.2, -0.15) is 0 Å². The van der Waals surface area contributed by atoms with Crippen molar-refractivity contribution in [1.29, 1.82) is 0 Å². The summed E-state index contributed by atoms with van der Waals surface area (Å²) in [7, 11) is 3.40. The van der Waals surface area contributed by atoms with Crippen LogP contribution < -0.4 is 14.4 Å². The van der Waals surface area contributed by atoms with Gasteiger partial charge in [0, 0.05) is 50.0 Å². The van der Waals surface area contributed by atoms with Crippen molar-refractivity contribution in [3.8, 4) is 11.5 Å². The van der Waals surface area contributed by atoms with Gasteiger partial charge in [0.05, 0.1) is 14.2 Å². The van der Waals surface area contributed by atoms with Gasteiger partial charge >= 0.3 is 0 Å². The molecular formula is C19H26N4O2. The van der Waals surface area contributed by atoms with E-state index in [0.29, 0.717) is 0 Å². The van der Waals surface area contributed by atoms with Crippen molar-refractivity contribution in [1.82, 2.24) is 14.9 Å². The Morgan fingerprint density at radius 3 is 2.48 bits per heavy atom. The summed E-state index contributed by atoms with van der Waals surface area (Å²) < 4.78 is 10.8. The second kappa shape index (κ2) is 8.16. The van der Waals surface area contributed by atoms with E-state index in [1.807, 2.05) is 12.1 Å². The number of hydrogen-bond donors (Lipinski definition) is 0. The molecule has 2 heterocycles. The van der Waals surface area contributed by atoms with Gasteiger partial charge < -0.3 is 14.4 Å². The molecule has 1 saturated heterocycles. The zero-order chi connectivity index (χ0) is 17.6. The minimum atomic E-state index is 0.859. The molecule has 0 atom stereocenters. The summed E-state index contributed by atoms with van der Waals surface area (Å²) in [5.74, 6) is 2.81. The summed E-state index contributed by atoms with van der Waals surface area (Å²) in [4.78, 5) is 13.5. The average Bonchev–Trinajstić information content (AvgIpc) is 2.68. The molecule has 1 aliphatic heterocycles. The van der Waals surface area contributed by atoms with E-state index >= 15 is 0 Å². The van der Waals surface area contributed by atoms with Crippen LogP contribution in [-0.4, -0.2) is 55.3 Å². The van der Waals surface area contributed by atoms with Gasteiger partial charge in [0.1, 0.15) is 23.6 Å². The van der Waals surface area contributed by atoms with Crippen LogP contribution in [0.1, 0.15) is 18.2 Å². The molecule has 6 heteroatoms. The van der Waals surface area contributed by atoms with E-state index < -0.39 is 0 Å². The predicted octanol–water partition coefficient (Wildman–Crippen LogP) is 2.38. The standard InChI is InChI=1S/C19H26N4O2/c1-4-16-12-19(21-14-20-16)23-9-7-22(8-10-23)13-15-11-17(24-2)5-6-18(15)25-3/h5-6,11-12,14H,4,7-10,13H2,1-3H3. The third-order valence-electron chi connectivity index (χ3n) is 4.65. The number of anilines is 1. The van der Waals surface area contributed by atoms with E-state index in [9.17, 15) is 0 Å². The molecule has 0 amide bonds. The van der Waals surface area contributed by atoms with Crippen molar-refractivity contribution in [3.63, 3.8) is 0 Å². The maximum absolute atomic E-state index is 5.49. The number of rotatable bonds is 6. The number of ether oxygens (including phenoxy) is 2. The number of hydrogen-bond acceptors (Lipinski definition) is 6. The molecule has 1 aromatic heterocycles. The van der Waals surface area contributed by atoms with Crippen molar-refractivity contribution in [2.75, 3.05) is 45.3 Å². The summed E-state index contributed by atoms with van der Waals surface area (Å²) in [5, 5.41) is 0. The molecule has 25 heavy (non-hydrogen) atoms. The average molecular weight is 342 g/mol. The van der Waals surface area contributed by atoms with E-state index in [2.05, 4.69) is 38.8 Å². The third kappa shape index (κ3) is 4.20. The van der Waals surface area contributed by atoms with Crippen LogP contribution in [-0.2, 0) is 13.0 Å². The van der Waals surface area contributed by atoms with Crippen LogP contribution in [0.4, 0.5) is 5.82 Å². The van der Waals surface area contributed by atoms with Crippen molar-refractivity contribution in [3.05, 3.63) is 41.9 Å². The second-order valence-corrected chi connectivity index (χ2v) is 6.16. The van der Waals surface area contributed by atoms with Gasteiger partial charge in [-0.1, -0.05) is 6.92 Å². The lowest BCUT2D eigenvalue weighted by molar-refractivity contribution is 0.245. The Bertz CT molecular complexity index is 700. The Kier molecular flexibility index (Phi) is 5.71. The minimum absolute atomic E-state index is 0.859. The van der Waals surface area contributed by atoms with Crippen molar-refractivity contribution >= 4 is 5.82 Å². The van der Waals surface area contributed by atoms with Crippen LogP contribution in [0.15, 0.2) is 30.6 Å². The Morgan fingerprint density at radius 2 is 1.80 bits per heavy atom. The minimum Gasteiger partial charge on any atom is -0.497 e. The van der Waals surface area contributed by atoms with Crippen LogP contribution in [0, 0.1) is 0 Å². The molecule has 6 nitrogen and oxygen atoms in total. The van der Waals surface area contributed by atoms with Gasteiger partial charge in [-0.25, -0.2) is 9.97 Å². The van der Waals surface area contributed by atoms with Gasteiger partial charge in [0.2, 0.25) is 0 Å². The smallest absolute Gasteiger partial charge is 0.132 e. The SMILES string of the molecule is CCc1cc(N2CCN(Cc3cc(OC)ccc3OC)CC2)ncn1. The summed E-state index contributed by atoms with van der Waals surface area (Å²) in [5.41, 5.74) is 2.25. The first-order valence-electron chi connectivity index (χ1n) is 8.72. The fourth-order valence-electron chi connectivity index (χ4n) is 3.13. The normalized spacial score (nSPS) is 15.2.